The first-order valence-corrected chi connectivity index (χ1v) is 13.4. The van der Waals surface area contributed by atoms with Gasteiger partial charge in [-0.05, 0) is 92.9 Å². The predicted molar refractivity (Wildman–Crippen MR) is 152 cm³/mol. The second kappa shape index (κ2) is 12.0. The van der Waals surface area contributed by atoms with Crippen molar-refractivity contribution in [2.75, 3.05) is 18.0 Å². The first-order chi connectivity index (χ1) is 18.1. The van der Waals surface area contributed by atoms with Crippen molar-refractivity contribution in [3.8, 4) is 0 Å². The van der Waals surface area contributed by atoms with Crippen molar-refractivity contribution in [1.82, 2.24) is 0 Å². The predicted octanol–water partition coefficient (Wildman–Crippen LogP) is 10.9. The number of thiophene rings is 1. The summed E-state index contributed by atoms with van der Waals surface area (Å²) in [5, 5.41) is 28.5. The summed E-state index contributed by atoms with van der Waals surface area (Å²) in [5.74, 6) is 0. The summed E-state index contributed by atoms with van der Waals surface area (Å²) >= 11 is 8.05. The highest BCUT2D eigenvalue weighted by Gasteiger charge is 2.12. The Kier molecular flexibility index (Phi) is 8.08. The van der Waals surface area contributed by atoms with Gasteiger partial charge in [0.25, 0.3) is 0 Å². The summed E-state index contributed by atoms with van der Waals surface area (Å²) in [5.41, 5.74) is 4.62. The van der Waals surface area contributed by atoms with Crippen molar-refractivity contribution in [2.45, 2.75) is 26.2 Å². The van der Waals surface area contributed by atoms with Gasteiger partial charge in [-0.3, -0.25) is 0 Å². The van der Waals surface area contributed by atoms with Crippen molar-refractivity contribution >= 4 is 61.4 Å². The van der Waals surface area contributed by atoms with Crippen molar-refractivity contribution in [3.05, 3.63) is 89.4 Å². The van der Waals surface area contributed by atoms with E-state index in [0.717, 1.165) is 29.5 Å². The molecule has 0 radical (unpaired) electrons. The summed E-state index contributed by atoms with van der Waals surface area (Å²) in [4.78, 5) is 2.43. The minimum Gasteiger partial charge on any atom is -0.363 e. The number of hydrogen-bond donors (Lipinski definition) is 0. The Morgan fingerprint density at radius 3 is 1.86 bits per heavy atom. The Morgan fingerprint density at radius 1 is 0.622 bits per heavy atom. The quantitative estimate of drug-likeness (QED) is 0.220. The fourth-order valence-corrected chi connectivity index (χ4v) is 4.92. The highest BCUT2D eigenvalue weighted by Crippen LogP contribution is 2.35. The van der Waals surface area contributed by atoms with E-state index in [0.29, 0.717) is 22.1 Å². The Morgan fingerprint density at radius 2 is 1.19 bits per heavy atom. The highest BCUT2D eigenvalue weighted by atomic mass is 35.5. The van der Waals surface area contributed by atoms with E-state index < -0.39 is 0 Å². The molecular formula is C28H26ClN7S. The number of piperidine rings is 1. The van der Waals surface area contributed by atoms with Gasteiger partial charge in [-0.15, -0.1) is 15.3 Å². The van der Waals surface area contributed by atoms with Gasteiger partial charge in [0.1, 0.15) is 10.7 Å². The molecule has 0 unspecified atom stereocenters. The second-order valence-corrected chi connectivity index (χ2v) is 10.2. The lowest BCUT2D eigenvalue weighted by Gasteiger charge is -2.26. The molecule has 3 aromatic carbocycles. The van der Waals surface area contributed by atoms with Gasteiger partial charge in [0, 0.05) is 13.1 Å². The number of benzene rings is 3. The molecule has 1 fully saturated rings. The summed E-state index contributed by atoms with van der Waals surface area (Å²) in [7, 11) is 0. The zero-order chi connectivity index (χ0) is 25.5. The maximum Gasteiger partial charge on any atom is 0.140 e. The maximum absolute atomic E-state index is 6.37. The van der Waals surface area contributed by atoms with Gasteiger partial charge in [0.05, 0.1) is 32.8 Å². The van der Waals surface area contributed by atoms with Gasteiger partial charge < -0.3 is 4.90 Å². The number of nitrogens with zero attached hydrogens (tertiary/aromatic N) is 7. The van der Waals surface area contributed by atoms with Crippen LogP contribution < -0.4 is 4.90 Å². The molecule has 1 aliphatic rings. The van der Waals surface area contributed by atoms with Crippen LogP contribution in [0.25, 0.3) is 0 Å². The Labute approximate surface area is 225 Å². The van der Waals surface area contributed by atoms with E-state index in [4.69, 9.17) is 11.6 Å². The summed E-state index contributed by atoms with van der Waals surface area (Å²) < 4.78 is 0. The van der Waals surface area contributed by atoms with E-state index in [1.54, 1.807) is 29.5 Å². The monoisotopic (exact) mass is 527 g/mol. The van der Waals surface area contributed by atoms with Crippen LogP contribution in [-0.2, 0) is 0 Å². The summed E-state index contributed by atoms with van der Waals surface area (Å²) in [6.45, 7) is 4.28. The first-order valence-electron chi connectivity index (χ1n) is 12.2. The van der Waals surface area contributed by atoms with Crippen LogP contribution in [0.1, 0.15) is 24.8 Å². The van der Waals surface area contributed by atoms with Crippen LogP contribution in [-0.4, -0.2) is 13.1 Å². The molecule has 7 nitrogen and oxygen atoms in total. The van der Waals surface area contributed by atoms with Gasteiger partial charge >= 0.3 is 0 Å². The molecule has 186 valence electrons. The molecule has 0 aliphatic carbocycles. The lowest BCUT2D eigenvalue weighted by Crippen LogP contribution is -2.28. The number of halogens is 1. The molecule has 0 N–H and O–H groups in total. The molecule has 0 spiro atoms. The highest BCUT2D eigenvalue weighted by molar-refractivity contribution is 7.19. The van der Waals surface area contributed by atoms with Crippen LogP contribution in [0.4, 0.5) is 38.4 Å². The molecule has 0 bridgehead atoms. The summed E-state index contributed by atoms with van der Waals surface area (Å²) in [6.07, 6.45) is 3.85. The standard InChI is InChI=1S/C28H26ClN7S/c1-20-5-7-21(8-6-20)31-34-26-14-13-24(19-25(26)29)33-30-22-9-11-23(12-10-22)32-35-27-15-16-28(37-27)36-17-3-2-4-18-36/h5-16,19H,2-4,17-18H2,1H3. The normalized spacial score (nSPS) is 14.4. The van der Waals surface area contributed by atoms with Gasteiger partial charge in [0.15, 0.2) is 0 Å². The van der Waals surface area contributed by atoms with Crippen LogP contribution in [0.2, 0.25) is 5.02 Å². The lowest BCUT2D eigenvalue weighted by atomic mass is 10.1. The van der Waals surface area contributed by atoms with Crippen molar-refractivity contribution < 1.29 is 0 Å². The topological polar surface area (TPSA) is 77.4 Å². The van der Waals surface area contributed by atoms with E-state index in [1.165, 1.54) is 29.8 Å². The number of hydrogen-bond acceptors (Lipinski definition) is 8. The number of rotatable bonds is 7. The largest absolute Gasteiger partial charge is 0.363 e. The number of aryl methyl sites for hydroxylation is 1. The SMILES string of the molecule is Cc1ccc(N=Nc2ccc(N=Nc3ccc(N=Nc4ccc(N5CCCCC5)s4)cc3)cc2Cl)cc1. The van der Waals surface area contributed by atoms with E-state index >= 15 is 0 Å². The van der Waals surface area contributed by atoms with Crippen LogP contribution in [0.5, 0.6) is 0 Å². The van der Waals surface area contributed by atoms with E-state index in [1.807, 2.05) is 61.5 Å². The molecular weight excluding hydrogens is 502 g/mol. The lowest BCUT2D eigenvalue weighted by molar-refractivity contribution is 0.580. The van der Waals surface area contributed by atoms with E-state index in [2.05, 4.69) is 41.7 Å². The third kappa shape index (κ3) is 6.93. The van der Waals surface area contributed by atoms with Crippen molar-refractivity contribution in [2.24, 2.45) is 30.7 Å². The molecule has 1 aliphatic heterocycles. The molecule has 4 aromatic rings. The third-order valence-electron chi connectivity index (χ3n) is 5.88. The molecule has 5 rings (SSSR count). The fraction of sp³-hybridized carbons (Fsp3) is 0.214. The number of anilines is 1. The van der Waals surface area contributed by atoms with E-state index in [-0.39, 0.29) is 0 Å². The van der Waals surface area contributed by atoms with Crippen molar-refractivity contribution in [3.63, 3.8) is 0 Å². The second-order valence-electron chi connectivity index (χ2n) is 8.75. The average Bonchev–Trinajstić information content (AvgIpc) is 3.41. The van der Waals surface area contributed by atoms with Crippen LogP contribution in [0, 0.1) is 6.92 Å². The minimum atomic E-state index is 0.458. The van der Waals surface area contributed by atoms with Crippen LogP contribution in [0.15, 0.2) is 110 Å². The van der Waals surface area contributed by atoms with Gasteiger partial charge in [0.2, 0.25) is 0 Å². The maximum atomic E-state index is 6.37. The molecule has 0 amide bonds. The fourth-order valence-electron chi connectivity index (χ4n) is 3.83. The number of azo groups is 3. The molecule has 2 heterocycles. The molecule has 0 atom stereocenters. The van der Waals surface area contributed by atoms with Crippen molar-refractivity contribution in [1.29, 1.82) is 0 Å². The Hall–Kier alpha value is -3.75. The van der Waals surface area contributed by atoms with Gasteiger partial charge in [-0.25, -0.2) is 0 Å². The zero-order valence-corrected chi connectivity index (χ0v) is 22.0. The molecule has 37 heavy (non-hydrogen) atoms. The van der Waals surface area contributed by atoms with Crippen LogP contribution in [0.3, 0.4) is 0 Å². The van der Waals surface area contributed by atoms with Crippen LogP contribution >= 0.6 is 22.9 Å². The van der Waals surface area contributed by atoms with Gasteiger partial charge in [-0.1, -0.05) is 40.6 Å². The Balaban J connectivity index is 1.18. The van der Waals surface area contributed by atoms with Gasteiger partial charge in [-0.2, -0.15) is 15.3 Å². The molecule has 0 saturated carbocycles. The average molecular weight is 528 g/mol. The first kappa shape index (κ1) is 24.9. The Bertz CT molecular complexity index is 1420. The van der Waals surface area contributed by atoms with E-state index in [9.17, 15) is 0 Å². The molecule has 1 aromatic heterocycles. The smallest absolute Gasteiger partial charge is 0.140 e. The summed E-state index contributed by atoms with van der Waals surface area (Å²) in [6, 6.07) is 24.7. The molecule has 1 saturated heterocycles. The minimum absolute atomic E-state index is 0.458. The third-order valence-corrected chi connectivity index (χ3v) is 7.21. The zero-order valence-electron chi connectivity index (χ0n) is 20.5. The molecule has 9 heteroatoms.